The number of ether oxygens (including phenoxy) is 1. The van der Waals surface area contributed by atoms with Crippen LogP contribution in [-0.4, -0.2) is 22.2 Å². The van der Waals surface area contributed by atoms with Gasteiger partial charge in [0.25, 0.3) is 0 Å². The third-order valence-corrected chi connectivity index (χ3v) is 4.29. The molecule has 0 aliphatic carbocycles. The van der Waals surface area contributed by atoms with E-state index in [1.54, 1.807) is 31.4 Å². The maximum absolute atomic E-state index is 9.57. The van der Waals surface area contributed by atoms with Crippen LogP contribution in [0.3, 0.4) is 0 Å². The molecule has 130 valence electrons. The molecule has 2 aromatic carbocycles. The van der Waals surface area contributed by atoms with E-state index >= 15 is 0 Å². The molecule has 0 aliphatic heterocycles. The molecule has 0 spiro atoms. The number of phenolic OH excluding ortho intramolecular Hbond substituents is 1. The topological polar surface area (TPSA) is 93.3 Å². The number of nitrogen functional groups attached to an aromatic ring is 1. The van der Waals surface area contributed by atoms with E-state index in [-0.39, 0.29) is 10.8 Å². The molecule has 0 bridgehead atoms. The van der Waals surface area contributed by atoms with Crippen molar-refractivity contribution < 1.29 is 9.84 Å². The number of methoxy groups -OCH3 is 1. The van der Waals surface area contributed by atoms with E-state index in [1.165, 1.54) is 6.33 Å². The van der Waals surface area contributed by atoms with Gasteiger partial charge in [-0.05, 0) is 38.1 Å². The highest BCUT2D eigenvalue weighted by atomic mass is 35.5. The summed E-state index contributed by atoms with van der Waals surface area (Å²) >= 11 is 5.99. The van der Waals surface area contributed by atoms with Gasteiger partial charge in [0.15, 0.2) is 0 Å². The highest BCUT2D eigenvalue weighted by Gasteiger charge is 2.25. The van der Waals surface area contributed by atoms with Crippen molar-refractivity contribution in [2.75, 3.05) is 18.2 Å². The molecular formula is C18H19ClN4O2. The Kier molecular flexibility index (Phi) is 4.30. The summed E-state index contributed by atoms with van der Waals surface area (Å²) in [6.07, 6.45) is 1.51. The average molecular weight is 359 g/mol. The number of anilines is 2. The zero-order valence-corrected chi connectivity index (χ0v) is 14.9. The summed E-state index contributed by atoms with van der Waals surface area (Å²) in [7, 11) is 1.57. The number of rotatable bonds is 4. The zero-order chi connectivity index (χ0) is 18.2. The van der Waals surface area contributed by atoms with Gasteiger partial charge in [-0.1, -0.05) is 11.6 Å². The van der Waals surface area contributed by atoms with Gasteiger partial charge in [0, 0.05) is 17.1 Å². The Morgan fingerprint density at radius 1 is 1.20 bits per heavy atom. The van der Waals surface area contributed by atoms with Crippen molar-refractivity contribution in [3.8, 4) is 11.5 Å². The van der Waals surface area contributed by atoms with Crippen molar-refractivity contribution in [1.29, 1.82) is 0 Å². The number of halogens is 1. The van der Waals surface area contributed by atoms with Crippen LogP contribution in [-0.2, 0) is 5.54 Å². The molecule has 0 saturated heterocycles. The van der Waals surface area contributed by atoms with Crippen LogP contribution in [0.2, 0.25) is 5.02 Å². The first-order chi connectivity index (χ1) is 11.8. The van der Waals surface area contributed by atoms with Crippen molar-refractivity contribution in [2.45, 2.75) is 19.4 Å². The summed E-state index contributed by atoms with van der Waals surface area (Å²) in [5.74, 6) is 0.616. The molecule has 3 aromatic rings. The molecule has 0 fully saturated rings. The highest BCUT2D eigenvalue weighted by Crippen LogP contribution is 2.35. The summed E-state index contributed by atoms with van der Waals surface area (Å²) < 4.78 is 5.26. The van der Waals surface area contributed by atoms with E-state index in [4.69, 9.17) is 22.1 Å². The summed E-state index contributed by atoms with van der Waals surface area (Å²) in [4.78, 5) is 8.77. The van der Waals surface area contributed by atoms with E-state index in [1.807, 2.05) is 19.9 Å². The van der Waals surface area contributed by atoms with Crippen LogP contribution in [0, 0.1) is 0 Å². The van der Waals surface area contributed by atoms with Crippen molar-refractivity contribution in [3.63, 3.8) is 0 Å². The molecule has 0 radical (unpaired) electrons. The number of nitrogens with two attached hydrogens (primary N) is 1. The fraction of sp³-hybridized carbons (Fsp3) is 0.222. The second kappa shape index (κ2) is 6.29. The molecule has 1 heterocycles. The lowest BCUT2D eigenvalue weighted by atomic mass is 9.95. The van der Waals surface area contributed by atoms with Crippen LogP contribution in [0.5, 0.6) is 11.5 Å². The monoisotopic (exact) mass is 358 g/mol. The fourth-order valence-electron chi connectivity index (χ4n) is 2.78. The van der Waals surface area contributed by atoms with Gasteiger partial charge in [-0.3, -0.25) is 0 Å². The van der Waals surface area contributed by atoms with Gasteiger partial charge in [-0.2, -0.15) is 0 Å². The lowest BCUT2D eigenvalue weighted by Gasteiger charge is -2.28. The molecular weight excluding hydrogens is 340 g/mol. The lowest BCUT2D eigenvalue weighted by molar-refractivity contribution is 0.417. The minimum Gasteiger partial charge on any atom is -0.506 e. The first kappa shape index (κ1) is 17.1. The number of nitrogens with one attached hydrogen (secondary N) is 1. The molecule has 0 amide bonds. The largest absolute Gasteiger partial charge is 0.506 e. The molecule has 7 heteroatoms. The zero-order valence-electron chi connectivity index (χ0n) is 14.2. The number of hydrogen-bond donors (Lipinski definition) is 3. The van der Waals surface area contributed by atoms with Gasteiger partial charge < -0.3 is 20.9 Å². The minimum absolute atomic E-state index is 0.0392. The van der Waals surface area contributed by atoms with E-state index < -0.39 is 5.54 Å². The molecule has 6 nitrogen and oxygen atoms in total. The smallest absolute Gasteiger partial charge is 0.143 e. The van der Waals surface area contributed by atoms with Crippen LogP contribution in [0.25, 0.3) is 10.9 Å². The Morgan fingerprint density at radius 3 is 2.64 bits per heavy atom. The molecule has 0 atom stereocenters. The predicted octanol–water partition coefficient (Wildman–Crippen LogP) is 3.93. The summed E-state index contributed by atoms with van der Waals surface area (Å²) in [6, 6.07) is 8.57. The van der Waals surface area contributed by atoms with Crippen LogP contribution in [0.1, 0.15) is 19.5 Å². The third kappa shape index (κ3) is 3.25. The maximum atomic E-state index is 9.57. The van der Waals surface area contributed by atoms with Gasteiger partial charge >= 0.3 is 0 Å². The first-order valence-corrected chi connectivity index (χ1v) is 8.05. The SMILES string of the molecule is COc1cc2ncnc(C(C)(C)Nc3ccc(O)c(Cl)c3)c2cc1N. The van der Waals surface area contributed by atoms with Crippen molar-refractivity contribution in [2.24, 2.45) is 0 Å². The Hall–Kier alpha value is -2.73. The third-order valence-electron chi connectivity index (χ3n) is 3.98. The molecule has 25 heavy (non-hydrogen) atoms. The maximum Gasteiger partial charge on any atom is 0.143 e. The van der Waals surface area contributed by atoms with Gasteiger partial charge in [0.05, 0.1) is 34.6 Å². The lowest BCUT2D eigenvalue weighted by Crippen LogP contribution is -2.29. The Bertz CT molecular complexity index is 944. The van der Waals surface area contributed by atoms with Crippen LogP contribution >= 0.6 is 11.6 Å². The second-order valence-corrected chi connectivity index (χ2v) is 6.66. The minimum atomic E-state index is -0.539. The fourth-order valence-corrected chi connectivity index (χ4v) is 2.96. The summed E-state index contributed by atoms with van der Waals surface area (Å²) in [6.45, 7) is 3.99. The van der Waals surface area contributed by atoms with E-state index in [0.717, 1.165) is 22.3 Å². The average Bonchev–Trinajstić information content (AvgIpc) is 2.56. The van der Waals surface area contributed by atoms with Gasteiger partial charge in [0.2, 0.25) is 0 Å². The van der Waals surface area contributed by atoms with Crippen LogP contribution in [0.4, 0.5) is 11.4 Å². The molecule has 4 N–H and O–H groups in total. The second-order valence-electron chi connectivity index (χ2n) is 6.25. The molecule has 3 rings (SSSR count). The number of phenols is 1. The van der Waals surface area contributed by atoms with Crippen molar-refractivity contribution in [3.05, 3.63) is 47.4 Å². The first-order valence-electron chi connectivity index (χ1n) is 7.67. The predicted molar refractivity (Wildman–Crippen MR) is 100 cm³/mol. The highest BCUT2D eigenvalue weighted by molar-refractivity contribution is 6.32. The Labute approximate surface area is 150 Å². The van der Waals surface area contributed by atoms with Crippen molar-refractivity contribution >= 4 is 33.9 Å². The van der Waals surface area contributed by atoms with E-state index in [9.17, 15) is 5.11 Å². The van der Waals surface area contributed by atoms with Gasteiger partial charge in [-0.15, -0.1) is 0 Å². The van der Waals surface area contributed by atoms with Crippen LogP contribution in [0.15, 0.2) is 36.7 Å². The molecule has 0 unspecified atom stereocenters. The number of aromatic hydroxyl groups is 1. The number of hydrogen-bond acceptors (Lipinski definition) is 6. The number of aromatic nitrogens is 2. The quantitative estimate of drug-likeness (QED) is 0.483. The molecule has 0 saturated carbocycles. The number of benzene rings is 2. The standard InChI is InChI=1S/C18H19ClN4O2/c1-18(2,23-10-4-5-15(24)12(19)6-10)17-11-7-13(20)16(25-3)8-14(11)21-9-22-17/h4-9,23-24H,20H2,1-3H3. The van der Waals surface area contributed by atoms with Crippen LogP contribution < -0.4 is 15.8 Å². The number of nitrogens with zero attached hydrogens (tertiary/aromatic N) is 2. The van der Waals surface area contributed by atoms with Gasteiger partial charge in [-0.25, -0.2) is 9.97 Å². The summed E-state index contributed by atoms with van der Waals surface area (Å²) in [5, 5.41) is 14.1. The Balaban J connectivity index is 2.07. The van der Waals surface area contributed by atoms with Crippen molar-refractivity contribution in [1.82, 2.24) is 9.97 Å². The van der Waals surface area contributed by atoms with E-state index in [2.05, 4.69) is 15.3 Å². The normalized spacial score (nSPS) is 11.5. The van der Waals surface area contributed by atoms with E-state index in [0.29, 0.717) is 11.4 Å². The Morgan fingerprint density at radius 2 is 1.96 bits per heavy atom. The van der Waals surface area contributed by atoms with Gasteiger partial charge in [0.1, 0.15) is 17.8 Å². The molecule has 1 aromatic heterocycles. The number of fused-ring (bicyclic) bond motifs is 1. The summed E-state index contributed by atoms with van der Waals surface area (Å²) in [5.41, 5.74) is 8.33. The molecule has 0 aliphatic rings.